The normalized spacial score (nSPS) is 11.3. The molecule has 4 heteroatoms. The largest absolute Gasteiger partial charge is 0.497 e. The van der Waals surface area contributed by atoms with Crippen molar-refractivity contribution >= 4 is 5.78 Å². The molecule has 0 atom stereocenters. The van der Waals surface area contributed by atoms with Crippen molar-refractivity contribution in [3.8, 4) is 39.5 Å². The Morgan fingerprint density at radius 3 is 1.59 bits per heavy atom. The first kappa shape index (κ1) is 24.7. The summed E-state index contributed by atoms with van der Waals surface area (Å²) < 4.78 is 10.1. The Balaban J connectivity index is 1.67. The third-order valence-electron chi connectivity index (χ3n) is 7.52. The van der Waals surface area contributed by atoms with Gasteiger partial charge in [-0.15, -0.1) is 0 Å². The van der Waals surface area contributed by atoms with E-state index < -0.39 is 0 Å². The monoisotopic (exact) mass is 511 g/mol. The minimum absolute atomic E-state index is 0.687. The van der Waals surface area contributed by atoms with Crippen molar-refractivity contribution in [2.75, 3.05) is 7.11 Å². The highest BCUT2D eigenvalue weighted by atomic mass is 16.5. The van der Waals surface area contributed by atoms with Crippen LogP contribution in [0.25, 0.3) is 39.5 Å². The molecule has 6 rings (SSSR count). The van der Waals surface area contributed by atoms with E-state index in [2.05, 4.69) is 122 Å². The lowest BCUT2D eigenvalue weighted by molar-refractivity contribution is 0.414. The number of ether oxygens (including phenoxy) is 1. The van der Waals surface area contributed by atoms with E-state index in [1.807, 2.05) is 12.1 Å². The number of hydrogen-bond donors (Lipinski definition) is 0. The van der Waals surface area contributed by atoms with Gasteiger partial charge in [-0.2, -0.15) is 0 Å². The predicted octanol–water partition coefficient (Wildman–Crippen LogP) is 8.43. The standard InChI is InChI=1S/C35H33N3O/c1-23-6-14-28(15-7-23)32-26(4)38-34(30-18-10-25(3)11-19-30)33(29-16-8-24(2)9-17-29)37(35(38)36-32)22-27-12-20-31(39-5)21-13-27/h6-21H,22H2,1-5H3. The van der Waals surface area contributed by atoms with Crippen molar-refractivity contribution in [1.29, 1.82) is 0 Å². The maximum Gasteiger partial charge on any atom is 0.216 e. The van der Waals surface area contributed by atoms with Crippen LogP contribution in [0.4, 0.5) is 0 Å². The van der Waals surface area contributed by atoms with E-state index in [0.29, 0.717) is 6.54 Å². The lowest BCUT2D eigenvalue weighted by Gasteiger charge is -2.13. The van der Waals surface area contributed by atoms with Crippen molar-refractivity contribution in [2.24, 2.45) is 0 Å². The molecule has 4 aromatic carbocycles. The van der Waals surface area contributed by atoms with Crippen LogP contribution in [0.5, 0.6) is 5.75 Å². The van der Waals surface area contributed by atoms with Crippen LogP contribution >= 0.6 is 0 Å². The second-order valence-electron chi connectivity index (χ2n) is 10.4. The number of aromatic nitrogens is 3. The fourth-order valence-electron chi connectivity index (χ4n) is 5.30. The van der Waals surface area contributed by atoms with Gasteiger partial charge in [0.15, 0.2) is 0 Å². The first-order chi connectivity index (χ1) is 18.9. The van der Waals surface area contributed by atoms with Crippen LogP contribution in [0, 0.1) is 27.7 Å². The van der Waals surface area contributed by atoms with E-state index >= 15 is 0 Å². The van der Waals surface area contributed by atoms with Crippen LogP contribution in [0.2, 0.25) is 0 Å². The summed E-state index contributed by atoms with van der Waals surface area (Å²) in [5.41, 5.74) is 12.9. The zero-order valence-corrected chi connectivity index (χ0v) is 23.2. The molecule has 0 amide bonds. The highest BCUT2D eigenvalue weighted by Crippen LogP contribution is 2.39. The van der Waals surface area contributed by atoms with Gasteiger partial charge in [-0.3, -0.25) is 4.40 Å². The van der Waals surface area contributed by atoms with Crippen LogP contribution in [0.15, 0.2) is 97.1 Å². The maximum absolute atomic E-state index is 5.42. The summed E-state index contributed by atoms with van der Waals surface area (Å²) in [6.45, 7) is 9.25. The minimum Gasteiger partial charge on any atom is -0.497 e. The van der Waals surface area contributed by atoms with Gasteiger partial charge in [0, 0.05) is 22.4 Å². The lowest BCUT2D eigenvalue weighted by atomic mass is 10.0. The number of imidazole rings is 2. The molecule has 0 aliphatic rings. The molecule has 0 bridgehead atoms. The molecule has 2 aromatic heterocycles. The lowest BCUT2D eigenvalue weighted by Crippen LogP contribution is -2.03. The van der Waals surface area contributed by atoms with E-state index in [9.17, 15) is 0 Å². The van der Waals surface area contributed by atoms with E-state index in [1.54, 1.807) is 7.11 Å². The molecule has 0 aliphatic heterocycles. The summed E-state index contributed by atoms with van der Waals surface area (Å²) in [5, 5.41) is 0. The Kier molecular flexibility index (Phi) is 6.32. The average molecular weight is 512 g/mol. The molecule has 0 unspecified atom stereocenters. The molecule has 4 nitrogen and oxygen atoms in total. The predicted molar refractivity (Wildman–Crippen MR) is 161 cm³/mol. The zero-order chi connectivity index (χ0) is 27.1. The quantitative estimate of drug-likeness (QED) is 0.225. The van der Waals surface area contributed by atoms with Crippen LogP contribution in [-0.2, 0) is 6.54 Å². The number of benzene rings is 4. The summed E-state index contributed by atoms with van der Waals surface area (Å²) in [7, 11) is 1.70. The highest BCUT2D eigenvalue weighted by molar-refractivity contribution is 5.84. The van der Waals surface area contributed by atoms with E-state index in [0.717, 1.165) is 39.9 Å². The van der Waals surface area contributed by atoms with Gasteiger partial charge in [0.1, 0.15) is 5.75 Å². The van der Waals surface area contributed by atoms with Crippen LogP contribution in [0.1, 0.15) is 27.9 Å². The minimum atomic E-state index is 0.687. The van der Waals surface area contributed by atoms with Crippen LogP contribution < -0.4 is 4.74 Å². The number of rotatable bonds is 6. The first-order valence-corrected chi connectivity index (χ1v) is 13.4. The summed E-state index contributed by atoms with van der Waals surface area (Å²) >= 11 is 0. The second-order valence-corrected chi connectivity index (χ2v) is 10.4. The molecule has 194 valence electrons. The number of fused-ring (bicyclic) bond motifs is 1. The molecule has 6 aromatic rings. The summed E-state index contributed by atoms with van der Waals surface area (Å²) in [4.78, 5) is 5.31. The van der Waals surface area contributed by atoms with Crippen molar-refractivity contribution < 1.29 is 4.74 Å². The van der Waals surface area contributed by atoms with Crippen LogP contribution in [-0.4, -0.2) is 21.1 Å². The Bertz CT molecular complexity index is 1750. The highest BCUT2D eigenvalue weighted by Gasteiger charge is 2.25. The number of hydrogen-bond acceptors (Lipinski definition) is 2. The third kappa shape index (κ3) is 4.52. The smallest absolute Gasteiger partial charge is 0.216 e. The van der Waals surface area contributed by atoms with Crippen molar-refractivity contribution in [3.05, 3.63) is 125 Å². The van der Waals surface area contributed by atoms with Gasteiger partial charge >= 0.3 is 0 Å². The fraction of sp³-hybridized carbons (Fsp3) is 0.171. The summed E-state index contributed by atoms with van der Waals surface area (Å²) in [6, 6.07) is 34.6. The third-order valence-corrected chi connectivity index (χ3v) is 7.52. The van der Waals surface area contributed by atoms with Crippen molar-refractivity contribution in [2.45, 2.75) is 34.2 Å². The molecular weight excluding hydrogens is 478 g/mol. The number of aryl methyl sites for hydroxylation is 4. The van der Waals surface area contributed by atoms with Crippen molar-refractivity contribution in [3.63, 3.8) is 0 Å². The Hall–Kier alpha value is -4.57. The van der Waals surface area contributed by atoms with E-state index in [4.69, 9.17) is 9.72 Å². The Labute approximate surface area is 230 Å². The molecule has 0 fully saturated rings. The Morgan fingerprint density at radius 2 is 1.08 bits per heavy atom. The molecule has 39 heavy (non-hydrogen) atoms. The molecule has 0 spiro atoms. The SMILES string of the molecule is COc1ccc(Cn2c(-c3ccc(C)cc3)c(-c3ccc(C)cc3)n3c(C)c(-c4ccc(C)cc4)nc23)cc1. The van der Waals surface area contributed by atoms with E-state index in [-0.39, 0.29) is 0 Å². The van der Waals surface area contributed by atoms with Crippen molar-refractivity contribution in [1.82, 2.24) is 14.0 Å². The first-order valence-electron chi connectivity index (χ1n) is 13.4. The molecule has 2 heterocycles. The molecule has 0 radical (unpaired) electrons. The molecule has 0 saturated heterocycles. The Morgan fingerprint density at radius 1 is 0.590 bits per heavy atom. The molecule has 0 aliphatic carbocycles. The topological polar surface area (TPSA) is 31.5 Å². The molecule has 0 N–H and O–H groups in total. The fourth-order valence-corrected chi connectivity index (χ4v) is 5.30. The summed E-state index contributed by atoms with van der Waals surface area (Å²) in [5.74, 6) is 1.79. The van der Waals surface area contributed by atoms with Gasteiger partial charge in [-0.1, -0.05) is 102 Å². The second kappa shape index (κ2) is 9.95. The maximum atomic E-state index is 5.42. The summed E-state index contributed by atoms with van der Waals surface area (Å²) in [6.07, 6.45) is 0. The van der Waals surface area contributed by atoms with Gasteiger partial charge in [0.25, 0.3) is 0 Å². The number of methoxy groups -OCH3 is 1. The average Bonchev–Trinajstić information content (AvgIpc) is 3.45. The molecular formula is C35H33N3O. The molecule has 0 saturated carbocycles. The van der Waals surface area contributed by atoms with Gasteiger partial charge in [0.2, 0.25) is 5.78 Å². The van der Waals surface area contributed by atoms with Gasteiger partial charge < -0.3 is 9.30 Å². The number of nitrogens with zero attached hydrogens (tertiary/aromatic N) is 3. The van der Waals surface area contributed by atoms with E-state index in [1.165, 1.54) is 33.4 Å². The van der Waals surface area contributed by atoms with Gasteiger partial charge in [-0.25, -0.2) is 4.98 Å². The van der Waals surface area contributed by atoms with Crippen LogP contribution in [0.3, 0.4) is 0 Å². The van der Waals surface area contributed by atoms with Gasteiger partial charge in [-0.05, 0) is 45.4 Å². The zero-order valence-electron chi connectivity index (χ0n) is 23.2. The van der Waals surface area contributed by atoms with Gasteiger partial charge in [0.05, 0.1) is 30.7 Å².